The lowest BCUT2D eigenvalue weighted by Crippen LogP contribution is -2.07. The lowest BCUT2D eigenvalue weighted by Gasteiger charge is -2.07. The molecule has 0 unspecified atom stereocenters. The summed E-state index contributed by atoms with van der Waals surface area (Å²) in [7, 11) is -3.70. The summed E-state index contributed by atoms with van der Waals surface area (Å²) in [5, 5.41) is 18.1. The number of carboxylic acids is 1. The van der Waals surface area contributed by atoms with Crippen LogP contribution in [0.15, 0.2) is 47.4 Å². The molecule has 5 nitrogen and oxygen atoms in total. The molecule has 0 spiro atoms. The Morgan fingerprint density at radius 3 is 2.29 bits per heavy atom. The molecule has 110 valence electrons. The Kier molecular flexibility index (Phi) is 4.20. The second-order valence-electron chi connectivity index (χ2n) is 4.37. The fourth-order valence-electron chi connectivity index (χ4n) is 1.76. The molecule has 0 aromatic heterocycles. The van der Waals surface area contributed by atoms with Crippen LogP contribution in [0, 0.1) is 0 Å². The van der Waals surface area contributed by atoms with Crippen molar-refractivity contribution in [3.05, 3.63) is 58.6 Å². The fourth-order valence-corrected chi connectivity index (χ4v) is 3.33. The maximum atomic E-state index is 12.3. The number of hydrogen-bond acceptors (Lipinski definition) is 4. The van der Waals surface area contributed by atoms with Gasteiger partial charge >= 0.3 is 5.97 Å². The normalized spacial score (nSPS) is 11.3. The average molecular weight is 327 g/mol. The quantitative estimate of drug-likeness (QED) is 0.901. The minimum absolute atomic E-state index is 0.0221. The number of halogens is 1. The fraction of sp³-hybridized carbons (Fsp3) is 0.0714. The van der Waals surface area contributed by atoms with Crippen LogP contribution in [0.5, 0.6) is 5.75 Å². The lowest BCUT2D eigenvalue weighted by molar-refractivity contribution is 0.0697. The third-order valence-corrected chi connectivity index (χ3v) is 4.84. The number of hydrogen-bond donors (Lipinski definition) is 2. The number of phenols is 1. The maximum absolute atomic E-state index is 12.3. The first-order valence-corrected chi connectivity index (χ1v) is 7.86. The Labute approximate surface area is 126 Å². The Balaban J connectivity index is 2.38. The topological polar surface area (TPSA) is 91.7 Å². The maximum Gasteiger partial charge on any atom is 0.337 e. The smallest absolute Gasteiger partial charge is 0.337 e. The highest BCUT2D eigenvalue weighted by Crippen LogP contribution is 2.23. The van der Waals surface area contributed by atoms with Crippen LogP contribution >= 0.6 is 11.6 Å². The predicted molar refractivity (Wildman–Crippen MR) is 77.4 cm³/mol. The van der Waals surface area contributed by atoms with Crippen LogP contribution < -0.4 is 0 Å². The number of aromatic carboxylic acids is 1. The SMILES string of the molecule is O=C(O)c1cc(S(=O)(=O)Cc2ccc(O)cc2)ccc1Cl. The zero-order valence-electron chi connectivity index (χ0n) is 10.7. The second kappa shape index (κ2) is 5.75. The van der Waals surface area contributed by atoms with Crippen molar-refractivity contribution in [2.45, 2.75) is 10.6 Å². The molecule has 0 atom stereocenters. The van der Waals surface area contributed by atoms with Crippen LogP contribution in [-0.4, -0.2) is 24.6 Å². The monoisotopic (exact) mass is 326 g/mol. The Morgan fingerprint density at radius 1 is 1.10 bits per heavy atom. The molecule has 0 saturated carbocycles. The van der Waals surface area contributed by atoms with Gasteiger partial charge in [-0.2, -0.15) is 0 Å². The molecule has 0 aliphatic carbocycles. The number of rotatable bonds is 4. The van der Waals surface area contributed by atoms with Crippen LogP contribution in [0.4, 0.5) is 0 Å². The zero-order chi connectivity index (χ0) is 15.6. The van der Waals surface area contributed by atoms with Gasteiger partial charge in [0.2, 0.25) is 0 Å². The van der Waals surface area contributed by atoms with Crippen molar-refractivity contribution in [1.29, 1.82) is 0 Å². The summed E-state index contributed by atoms with van der Waals surface area (Å²) in [5.74, 6) is -1.55. The van der Waals surface area contributed by atoms with Gasteiger partial charge < -0.3 is 10.2 Å². The van der Waals surface area contributed by atoms with E-state index in [0.717, 1.165) is 6.07 Å². The molecule has 0 radical (unpaired) electrons. The van der Waals surface area contributed by atoms with E-state index < -0.39 is 15.8 Å². The predicted octanol–water partition coefficient (Wildman–Crippen LogP) is 2.72. The van der Waals surface area contributed by atoms with Crippen molar-refractivity contribution in [3.8, 4) is 5.75 Å². The van der Waals surface area contributed by atoms with E-state index >= 15 is 0 Å². The molecule has 0 amide bonds. The van der Waals surface area contributed by atoms with E-state index in [-0.39, 0.29) is 27.0 Å². The van der Waals surface area contributed by atoms with E-state index in [4.69, 9.17) is 16.7 Å². The van der Waals surface area contributed by atoms with Crippen molar-refractivity contribution in [2.24, 2.45) is 0 Å². The molecule has 2 aromatic rings. The van der Waals surface area contributed by atoms with E-state index in [1.54, 1.807) is 0 Å². The molecule has 0 heterocycles. The van der Waals surface area contributed by atoms with Crippen LogP contribution in [0.1, 0.15) is 15.9 Å². The minimum atomic E-state index is -3.70. The van der Waals surface area contributed by atoms with E-state index in [9.17, 15) is 18.3 Å². The molecule has 7 heteroatoms. The molecule has 2 aromatic carbocycles. The summed E-state index contributed by atoms with van der Waals surface area (Å²) >= 11 is 5.72. The highest BCUT2D eigenvalue weighted by atomic mass is 35.5. The van der Waals surface area contributed by atoms with E-state index in [1.165, 1.54) is 36.4 Å². The molecular weight excluding hydrogens is 316 g/mol. The highest BCUT2D eigenvalue weighted by molar-refractivity contribution is 7.90. The van der Waals surface area contributed by atoms with Crippen molar-refractivity contribution in [3.63, 3.8) is 0 Å². The van der Waals surface area contributed by atoms with Gasteiger partial charge in [-0.25, -0.2) is 13.2 Å². The van der Waals surface area contributed by atoms with Crippen molar-refractivity contribution in [2.75, 3.05) is 0 Å². The van der Waals surface area contributed by atoms with Gasteiger partial charge in [-0.3, -0.25) is 0 Å². The molecule has 21 heavy (non-hydrogen) atoms. The molecule has 2 rings (SSSR count). The number of carboxylic acid groups (broad SMARTS) is 1. The summed E-state index contributed by atoms with van der Waals surface area (Å²) in [6, 6.07) is 9.30. The molecular formula is C14H11ClO5S. The van der Waals surface area contributed by atoms with Crippen LogP contribution in [0.25, 0.3) is 0 Å². The largest absolute Gasteiger partial charge is 0.508 e. The first-order chi connectivity index (χ1) is 9.79. The van der Waals surface area contributed by atoms with E-state index in [2.05, 4.69) is 0 Å². The molecule has 0 bridgehead atoms. The molecule has 2 N–H and O–H groups in total. The Hall–Kier alpha value is -2.05. The van der Waals surface area contributed by atoms with Gasteiger partial charge in [0.25, 0.3) is 0 Å². The van der Waals surface area contributed by atoms with Crippen molar-refractivity contribution >= 4 is 27.4 Å². The average Bonchev–Trinajstić information content (AvgIpc) is 2.41. The third kappa shape index (κ3) is 3.53. The van der Waals surface area contributed by atoms with E-state index in [0.29, 0.717) is 5.56 Å². The van der Waals surface area contributed by atoms with Crippen LogP contribution in [0.2, 0.25) is 5.02 Å². The third-order valence-electron chi connectivity index (χ3n) is 2.82. The number of sulfone groups is 1. The summed E-state index contributed by atoms with van der Waals surface area (Å²) in [5.41, 5.74) is 0.225. The van der Waals surface area contributed by atoms with Gasteiger partial charge in [0.1, 0.15) is 5.75 Å². The number of phenolic OH excluding ortho intramolecular Hbond substituents is 1. The first-order valence-electron chi connectivity index (χ1n) is 5.83. The van der Waals surface area contributed by atoms with Crippen molar-refractivity contribution in [1.82, 2.24) is 0 Å². The van der Waals surface area contributed by atoms with Gasteiger partial charge in [-0.15, -0.1) is 0 Å². The molecule has 0 aliphatic heterocycles. The number of aromatic hydroxyl groups is 1. The van der Waals surface area contributed by atoms with Crippen LogP contribution in [-0.2, 0) is 15.6 Å². The standard InChI is InChI=1S/C14H11ClO5S/c15-13-6-5-11(7-12(13)14(17)18)21(19,20)8-9-1-3-10(16)4-2-9/h1-7,16H,8H2,(H,17,18). The summed E-state index contributed by atoms with van der Waals surface area (Å²) in [6.07, 6.45) is 0. The zero-order valence-corrected chi connectivity index (χ0v) is 12.2. The molecule has 0 aliphatic rings. The summed E-state index contributed by atoms with van der Waals surface area (Å²) in [4.78, 5) is 10.9. The van der Waals surface area contributed by atoms with Crippen LogP contribution in [0.3, 0.4) is 0 Å². The Morgan fingerprint density at radius 2 is 1.71 bits per heavy atom. The summed E-state index contributed by atoms with van der Waals surface area (Å²) in [6.45, 7) is 0. The molecule has 0 saturated heterocycles. The number of benzene rings is 2. The lowest BCUT2D eigenvalue weighted by atomic mass is 10.2. The van der Waals surface area contributed by atoms with Gasteiger partial charge in [-0.1, -0.05) is 23.7 Å². The van der Waals surface area contributed by atoms with Gasteiger partial charge in [-0.05, 0) is 35.9 Å². The van der Waals surface area contributed by atoms with Gasteiger partial charge in [0.05, 0.1) is 21.2 Å². The first kappa shape index (κ1) is 15.3. The van der Waals surface area contributed by atoms with E-state index in [1.807, 2.05) is 0 Å². The van der Waals surface area contributed by atoms with Crippen molar-refractivity contribution < 1.29 is 23.4 Å². The number of carbonyl (C=O) groups is 1. The highest BCUT2D eigenvalue weighted by Gasteiger charge is 2.19. The Bertz CT molecular complexity index is 782. The second-order valence-corrected chi connectivity index (χ2v) is 6.77. The summed E-state index contributed by atoms with van der Waals surface area (Å²) < 4.78 is 24.5. The minimum Gasteiger partial charge on any atom is -0.508 e. The molecule has 0 fully saturated rings. The van der Waals surface area contributed by atoms with Gasteiger partial charge in [0.15, 0.2) is 9.84 Å². The van der Waals surface area contributed by atoms with Gasteiger partial charge in [0, 0.05) is 0 Å².